The SMILES string of the molecule is O=C(COCCOCC(=O)NCc1cccc(C2C(CCC(O)c3ccc(F)cc3)C(=O)N2c2ccc(F)cc2)c1)NCCOCCOCC(=O)C(O)C(O)C(O)C(O)CO. The third kappa shape index (κ3) is 15.3. The zero-order valence-corrected chi connectivity index (χ0v) is 33.3. The lowest BCUT2D eigenvalue weighted by Crippen LogP contribution is -2.55. The van der Waals surface area contributed by atoms with Crippen molar-refractivity contribution in [3.63, 3.8) is 0 Å². The minimum Gasteiger partial charge on any atom is -0.394 e. The highest BCUT2D eigenvalue weighted by Crippen LogP contribution is 2.46. The number of rotatable bonds is 28. The number of anilines is 1. The number of carbonyl (C=O) groups excluding carboxylic acids is 4. The molecule has 0 bridgehead atoms. The molecule has 0 saturated carbocycles. The summed E-state index contributed by atoms with van der Waals surface area (Å²) in [6.45, 7) is -1.55. The van der Waals surface area contributed by atoms with Crippen molar-refractivity contribution in [1.29, 1.82) is 0 Å². The Morgan fingerprint density at radius 3 is 1.95 bits per heavy atom. The van der Waals surface area contributed by atoms with Gasteiger partial charge in [-0.2, -0.15) is 0 Å². The molecule has 1 saturated heterocycles. The fourth-order valence-corrected chi connectivity index (χ4v) is 6.38. The number of Topliss-reactive ketones (excluding diaryl/α,β-unsaturated/α-hetero) is 1. The van der Waals surface area contributed by atoms with Crippen LogP contribution in [0.25, 0.3) is 0 Å². The Kier molecular flexibility index (Phi) is 20.2. The van der Waals surface area contributed by atoms with Crippen LogP contribution in [0, 0.1) is 17.6 Å². The molecule has 3 aromatic carbocycles. The van der Waals surface area contributed by atoms with Crippen molar-refractivity contribution in [2.24, 2.45) is 5.92 Å². The minimum absolute atomic E-state index is 0.0365. The number of hydrogen-bond acceptors (Lipinski definition) is 14. The lowest BCUT2D eigenvalue weighted by Gasteiger charge is -2.48. The lowest BCUT2D eigenvalue weighted by atomic mass is 9.78. The van der Waals surface area contributed by atoms with Crippen molar-refractivity contribution in [3.05, 3.63) is 101 Å². The summed E-state index contributed by atoms with van der Waals surface area (Å²) in [5.74, 6) is -3.31. The molecule has 17 nitrogen and oxygen atoms in total. The van der Waals surface area contributed by atoms with E-state index in [0.717, 1.165) is 11.1 Å². The van der Waals surface area contributed by atoms with Gasteiger partial charge in [0.1, 0.15) is 55.9 Å². The molecule has 0 aromatic heterocycles. The number of amides is 3. The van der Waals surface area contributed by atoms with Gasteiger partial charge in [-0.25, -0.2) is 8.78 Å². The van der Waals surface area contributed by atoms with Crippen molar-refractivity contribution >= 4 is 29.2 Å². The van der Waals surface area contributed by atoms with E-state index in [4.69, 9.17) is 24.1 Å². The summed E-state index contributed by atoms with van der Waals surface area (Å²) in [4.78, 5) is 51.4. The van der Waals surface area contributed by atoms with E-state index in [9.17, 15) is 53.5 Å². The second kappa shape index (κ2) is 25.2. The van der Waals surface area contributed by atoms with Crippen molar-refractivity contribution < 1.29 is 77.5 Å². The number of hydrogen-bond donors (Lipinski definition) is 8. The van der Waals surface area contributed by atoms with Crippen LogP contribution < -0.4 is 15.5 Å². The third-order valence-corrected chi connectivity index (χ3v) is 9.71. The summed E-state index contributed by atoms with van der Waals surface area (Å²) < 4.78 is 48.1. The maximum absolute atomic E-state index is 13.7. The summed E-state index contributed by atoms with van der Waals surface area (Å²) in [6.07, 6.45) is -8.04. The molecule has 1 fully saturated rings. The molecule has 3 amide bonds. The van der Waals surface area contributed by atoms with E-state index >= 15 is 0 Å². The van der Waals surface area contributed by atoms with Gasteiger partial charge in [-0.1, -0.05) is 36.4 Å². The molecule has 19 heteroatoms. The normalized spacial score (nSPS) is 17.5. The van der Waals surface area contributed by atoms with Crippen LogP contribution in [0.5, 0.6) is 0 Å². The van der Waals surface area contributed by atoms with E-state index in [0.29, 0.717) is 17.7 Å². The Balaban J connectivity index is 1.09. The Labute approximate surface area is 350 Å². The molecule has 61 heavy (non-hydrogen) atoms. The summed E-state index contributed by atoms with van der Waals surface area (Å²) in [5, 5.41) is 63.3. The number of benzene rings is 3. The van der Waals surface area contributed by atoms with E-state index in [1.54, 1.807) is 11.0 Å². The highest BCUT2D eigenvalue weighted by molar-refractivity contribution is 6.03. The molecular weight excluding hydrogens is 808 g/mol. The van der Waals surface area contributed by atoms with E-state index in [1.165, 1.54) is 48.5 Å². The van der Waals surface area contributed by atoms with Crippen molar-refractivity contribution in [2.75, 3.05) is 70.9 Å². The van der Waals surface area contributed by atoms with Crippen LogP contribution in [0.2, 0.25) is 0 Å². The first-order valence-corrected chi connectivity index (χ1v) is 19.6. The van der Waals surface area contributed by atoms with Gasteiger partial charge < -0.3 is 65.1 Å². The topological polar surface area (TPSA) is 254 Å². The average molecular weight is 862 g/mol. The van der Waals surface area contributed by atoms with Crippen LogP contribution in [0.4, 0.5) is 14.5 Å². The van der Waals surface area contributed by atoms with Crippen molar-refractivity contribution in [3.8, 4) is 0 Å². The maximum atomic E-state index is 13.7. The first kappa shape index (κ1) is 48.9. The molecule has 1 aliphatic rings. The zero-order valence-electron chi connectivity index (χ0n) is 33.3. The lowest BCUT2D eigenvalue weighted by molar-refractivity contribution is -0.151. The zero-order chi connectivity index (χ0) is 44.3. The maximum Gasteiger partial charge on any atom is 0.246 e. The van der Waals surface area contributed by atoms with Gasteiger partial charge in [0.05, 0.1) is 57.7 Å². The molecule has 4 rings (SSSR count). The van der Waals surface area contributed by atoms with E-state index in [2.05, 4.69) is 10.6 Å². The van der Waals surface area contributed by atoms with Crippen LogP contribution in [0.15, 0.2) is 72.8 Å². The molecule has 0 spiro atoms. The van der Waals surface area contributed by atoms with Crippen LogP contribution in [-0.2, 0) is 44.7 Å². The summed E-state index contributed by atoms with van der Waals surface area (Å²) in [6, 6.07) is 18.1. The van der Waals surface area contributed by atoms with Gasteiger partial charge in [0.2, 0.25) is 17.7 Å². The molecule has 1 aliphatic heterocycles. The number of β-lactam (4-membered cyclic amide) rings is 1. The first-order chi connectivity index (χ1) is 29.3. The Bertz CT molecular complexity index is 1840. The molecule has 334 valence electrons. The van der Waals surface area contributed by atoms with Crippen LogP contribution in [0.3, 0.4) is 0 Å². The van der Waals surface area contributed by atoms with Gasteiger partial charge in [0.25, 0.3) is 0 Å². The third-order valence-electron chi connectivity index (χ3n) is 9.71. The number of ether oxygens (including phenoxy) is 4. The molecule has 7 atom stereocenters. The number of aliphatic hydroxyl groups excluding tert-OH is 6. The van der Waals surface area contributed by atoms with Gasteiger partial charge in [0, 0.05) is 18.8 Å². The smallest absolute Gasteiger partial charge is 0.246 e. The van der Waals surface area contributed by atoms with Crippen LogP contribution in [0.1, 0.15) is 41.7 Å². The van der Waals surface area contributed by atoms with Gasteiger partial charge in [-0.05, 0) is 65.9 Å². The monoisotopic (exact) mass is 861 g/mol. The van der Waals surface area contributed by atoms with E-state index in [-0.39, 0.29) is 71.7 Å². The Morgan fingerprint density at radius 2 is 1.31 bits per heavy atom. The summed E-state index contributed by atoms with van der Waals surface area (Å²) in [5.41, 5.74) is 2.60. The number of aliphatic hydroxyl groups is 6. The quantitative estimate of drug-likeness (QED) is 0.0353. The van der Waals surface area contributed by atoms with Gasteiger partial charge in [0.15, 0.2) is 5.78 Å². The van der Waals surface area contributed by atoms with Gasteiger partial charge >= 0.3 is 0 Å². The molecule has 7 unspecified atom stereocenters. The predicted molar refractivity (Wildman–Crippen MR) is 211 cm³/mol. The molecule has 0 aliphatic carbocycles. The second-order valence-corrected chi connectivity index (χ2v) is 14.2. The van der Waals surface area contributed by atoms with Crippen LogP contribution >= 0.6 is 0 Å². The van der Waals surface area contributed by atoms with Crippen LogP contribution in [-0.4, -0.2) is 145 Å². The Morgan fingerprint density at radius 1 is 0.721 bits per heavy atom. The number of ketones is 1. The number of halogens is 2. The van der Waals surface area contributed by atoms with Crippen molar-refractivity contribution in [2.45, 2.75) is 55.9 Å². The molecular formula is C42H53F2N3O14. The molecule has 0 radical (unpaired) electrons. The van der Waals surface area contributed by atoms with Gasteiger partial charge in [-0.3, -0.25) is 19.2 Å². The largest absolute Gasteiger partial charge is 0.394 e. The second-order valence-electron chi connectivity index (χ2n) is 14.2. The summed E-state index contributed by atoms with van der Waals surface area (Å²) in [7, 11) is 0. The molecule has 3 aromatic rings. The predicted octanol–water partition coefficient (Wildman–Crippen LogP) is -0.0135. The first-order valence-electron chi connectivity index (χ1n) is 19.6. The number of carbonyl (C=O) groups is 4. The summed E-state index contributed by atoms with van der Waals surface area (Å²) >= 11 is 0. The fraction of sp³-hybridized carbons (Fsp3) is 0.476. The highest BCUT2D eigenvalue weighted by atomic mass is 19.1. The molecule has 8 N–H and O–H groups in total. The van der Waals surface area contributed by atoms with E-state index in [1.807, 2.05) is 18.2 Å². The van der Waals surface area contributed by atoms with Crippen molar-refractivity contribution in [1.82, 2.24) is 10.6 Å². The number of nitrogens with zero attached hydrogens (tertiary/aromatic N) is 1. The average Bonchev–Trinajstić information content (AvgIpc) is 3.26. The molecule has 1 heterocycles. The minimum atomic E-state index is -2.04. The fourth-order valence-electron chi connectivity index (χ4n) is 6.38. The standard InChI is InChI=1S/C42H53F2N3O14/c43-29-6-4-27(5-7-29)33(49)13-12-32-38(47(42(32)57)31-10-8-30(44)9-11-31)28-3-1-2-26(20-28)21-46-37(53)25-61-19-18-60-24-36(52)45-14-15-58-16-17-59-23-35(51)40(55)41(56)39(54)34(50)22-48/h1-11,20,32-34,38-41,48-50,54-56H,12-19,21-25H2,(H,45,52)(H,46,53). The van der Waals surface area contributed by atoms with Gasteiger partial charge in [-0.15, -0.1) is 0 Å². The Hall–Kier alpha value is -4.80. The highest BCUT2D eigenvalue weighted by Gasteiger charge is 2.48. The number of nitrogens with one attached hydrogen (secondary N) is 2. The van der Waals surface area contributed by atoms with E-state index < -0.39 is 84.9 Å².